The molecule has 0 radical (unpaired) electrons. The number of nitrogen functional groups attached to an aromatic ring is 1. The maximum atomic E-state index is 12.8. The SMILES string of the molecule is Cc1cc(Nc2cc(Nc3ccc(NC(=O)Nc4cccc(C(F)(F)F)c4)cc3)ncc2N)n[nH]1. The van der Waals surface area contributed by atoms with Crippen LogP contribution in [0.15, 0.2) is 66.9 Å². The average molecular weight is 482 g/mol. The van der Waals surface area contributed by atoms with Gasteiger partial charge in [0.15, 0.2) is 5.82 Å². The molecule has 7 N–H and O–H groups in total. The molecule has 2 amide bonds. The van der Waals surface area contributed by atoms with E-state index in [4.69, 9.17) is 5.73 Å². The molecular formula is C23H21F3N8O. The Hall–Kier alpha value is -4.74. The maximum Gasteiger partial charge on any atom is 0.416 e. The Morgan fingerprint density at radius 2 is 1.63 bits per heavy atom. The monoisotopic (exact) mass is 482 g/mol. The van der Waals surface area contributed by atoms with Gasteiger partial charge in [-0.2, -0.15) is 18.3 Å². The van der Waals surface area contributed by atoms with Gasteiger partial charge in [0.2, 0.25) is 0 Å². The first-order valence-electron chi connectivity index (χ1n) is 10.3. The molecule has 0 unspecified atom stereocenters. The first kappa shape index (κ1) is 23.4. The van der Waals surface area contributed by atoms with E-state index in [0.29, 0.717) is 34.4 Å². The lowest BCUT2D eigenvalue weighted by Gasteiger charge is -2.12. The van der Waals surface area contributed by atoms with Crippen LogP contribution >= 0.6 is 0 Å². The number of nitrogens with two attached hydrogens (primary N) is 1. The summed E-state index contributed by atoms with van der Waals surface area (Å²) >= 11 is 0. The molecule has 12 heteroatoms. The Morgan fingerprint density at radius 3 is 2.31 bits per heavy atom. The van der Waals surface area contributed by atoms with Crippen molar-refractivity contribution in [1.29, 1.82) is 0 Å². The van der Waals surface area contributed by atoms with Crippen LogP contribution in [0.2, 0.25) is 0 Å². The first-order valence-corrected chi connectivity index (χ1v) is 10.3. The van der Waals surface area contributed by atoms with E-state index in [-0.39, 0.29) is 5.69 Å². The van der Waals surface area contributed by atoms with Crippen molar-refractivity contribution in [1.82, 2.24) is 15.2 Å². The molecule has 0 bridgehead atoms. The number of pyridine rings is 1. The van der Waals surface area contributed by atoms with Gasteiger partial charge in [0.05, 0.1) is 23.1 Å². The zero-order chi connectivity index (χ0) is 25.0. The molecule has 0 aliphatic carbocycles. The lowest BCUT2D eigenvalue weighted by atomic mass is 10.2. The number of nitrogens with zero attached hydrogens (tertiary/aromatic N) is 2. The zero-order valence-electron chi connectivity index (χ0n) is 18.4. The van der Waals surface area contributed by atoms with Crippen molar-refractivity contribution in [3.8, 4) is 0 Å². The minimum atomic E-state index is -4.49. The van der Waals surface area contributed by atoms with Crippen LogP contribution in [0, 0.1) is 6.92 Å². The minimum absolute atomic E-state index is 0.0273. The third-order valence-electron chi connectivity index (χ3n) is 4.77. The second kappa shape index (κ2) is 9.63. The molecule has 0 atom stereocenters. The molecule has 2 aromatic heterocycles. The van der Waals surface area contributed by atoms with Crippen LogP contribution in [0.1, 0.15) is 11.3 Å². The number of alkyl halides is 3. The average Bonchev–Trinajstić information content (AvgIpc) is 3.21. The molecule has 180 valence electrons. The summed E-state index contributed by atoms with van der Waals surface area (Å²) in [6.45, 7) is 1.88. The van der Waals surface area contributed by atoms with Gasteiger partial charge in [-0.25, -0.2) is 9.78 Å². The van der Waals surface area contributed by atoms with Crippen molar-refractivity contribution >= 4 is 46.1 Å². The highest BCUT2D eigenvalue weighted by Crippen LogP contribution is 2.31. The lowest BCUT2D eigenvalue weighted by Crippen LogP contribution is -2.19. The van der Waals surface area contributed by atoms with Gasteiger partial charge in [0, 0.05) is 34.9 Å². The normalized spacial score (nSPS) is 11.1. The maximum absolute atomic E-state index is 12.8. The Morgan fingerprint density at radius 1 is 0.914 bits per heavy atom. The number of carbonyl (C=O) groups is 1. The largest absolute Gasteiger partial charge is 0.416 e. The van der Waals surface area contributed by atoms with Crippen LogP contribution in [0.4, 0.5) is 58.0 Å². The number of halogens is 3. The number of aromatic amines is 1. The summed E-state index contributed by atoms with van der Waals surface area (Å²) in [4.78, 5) is 16.4. The first-order chi connectivity index (χ1) is 16.7. The van der Waals surface area contributed by atoms with Gasteiger partial charge in [-0.05, 0) is 49.4 Å². The summed E-state index contributed by atoms with van der Waals surface area (Å²) < 4.78 is 38.5. The van der Waals surface area contributed by atoms with E-state index in [1.807, 2.05) is 13.0 Å². The minimum Gasteiger partial charge on any atom is -0.396 e. The number of urea groups is 1. The Balaban J connectivity index is 1.37. The smallest absolute Gasteiger partial charge is 0.396 e. The van der Waals surface area contributed by atoms with Crippen molar-refractivity contribution in [2.75, 3.05) is 27.0 Å². The van der Waals surface area contributed by atoms with Gasteiger partial charge in [-0.15, -0.1) is 0 Å². The van der Waals surface area contributed by atoms with E-state index in [2.05, 4.69) is 36.4 Å². The fourth-order valence-corrected chi connectivity index (χ4v) is 3.11. The highest BCUT2D eigenvalue weighted by molar-refractivity contribution is 5.99. The van der Waals surface area contributed by atoms with Crippen LogP contribution in [0.3, 0.4) is 0 Å². The van der Waals surface area contributed by atoms with Crippen LogP contribution in [0.25, 0.3) is 0 Å². The van der Waals surface area contributed by atoms with Gasteiger partial charge in [-0.3, -0.25) is 5.10 Å². The third-order valence-corrected chi connectivity index (χ3v) is 4.77. The fourth-order valence-electron chi connectivity index (χ4n) is 3.11. The van der Waals surface area contributed by atoms with Crippen LogP contribution < -0.4 is 27.0 Å². The van der Waals surface area contributed by atoms with Gasteiger partial charge in [0.25, 0.3) is 0 Å². The van der Waals surface area contributed by atoms with E-state index >= 15 is 0 Å². The molecule has 0 saturated heterocycles. The lowest BCUT2D eigenvalue weighted by molar-refractivity contribution is -0.137. The van der Waals surface area contributed by atoms with E-state index in [1.54, 1.807) is 30.3 Å². The molecule has 0 saturated carbocycles. The van der Waals surface area contributed by atoms with Gasteiger partial charge < -0.3 is 27.0 Å². The Bertz CT molecular complexity index is 1340. The van der Waals surface area contributed by atoms with Gasteiger partial charge in [-0.1, -0.05) is 6.07 Å². The zero-order valence-corrected chi connectivity index (χ0v) is 18.4. The summed E-state index contributed by atoms with van der Waals surface area (Å²) in [7, 11) is 0. The van der Waals surface area contributed by atoms with Crippen molar-refractivity contribution in [2.45, 2.75) is 13.1 Å². The van der Waals surface area contributed by atoms with Crippen molar-refractivity contribution in [2.24, 2.45) is 0 Å². The molecular weight excluding hydrogens is 461 g/mol. The summed E-state index contributed by atoms with van der Waals surface area (Å²) in [6, 6.07) is 14.0. The van der Waals surface area contributed by atoms with E-state index in [1.165, 1.54) is 18.3 Å². The van der Waals surface area contributed by atoms with E-state index in [9.17, 15) is 18.0 Å². The van der Waals surface area contributed by atoms with Crippen molar-refractivity contribution < 1.29 is 18.0 Å². The fraction of sp³-hybridized carbons (Fsp3) is 0.0870. The topological polar surface area (TPSA) is 133 Å². The molecule has 4 rings (SSSR count). The standard InChI is InChI=1S/C23H21F3N8O/c1-13-9-21(34-33-13)32-19-11-20(28-12-18(19)27)29-15-5-7-16(8-6-15)30-22(35)31-17-4-2-3-14(10-17)23(24,25)26/h2-12H,27H2,1H3,(H2,30,31,35)(H3,28,29,32,33,34). The van der Waals surface area contributed by atoms with E-state index in [0.717, 1.165) is 17.8 Å². The number of rotatable bonds is 6. The Kier molecular flexibility index (Phi) is 6.44. The predicted molar refractivity (Wildman–Crippen MR) is 129 cm³/mol. The molecule has 0 spiro atoms. The number of aromatic nitrogens is 3. The van der Waals surface area contributed by atoms with Gasteiger partial charge in [0.1, 0.15) is 5.82 Å². The number of H-pyrrole nitrogens is 1. The molecule has 0 aliphatic rings. The van der Waals surface area contributed by atoms with Crippen LogP contribution in [-0.4, -0.2) is 21.2 Å². The molecule has 0 fully saturated rings. The quantitative estimate of drug-likeness (QED) is 0.204. The molecule has 4 aromatic rings. The number of carbonyl (C=O) groups excluding carboxylic acids is 1. The molecule has 2 aromatic carbocycles. The summed E-state index contributed by atoms with van der Waals surface area (Å²) in [5, 5.41) is 18.2. The van der Waals surface area contributed by atoms with Crippen molar-refractivity contribution in [3.05, 3.63) is 78.1 Å². The number of hydrogen-bond donors (Lipinski definition) is 6. The third kappa shape index (κ3) is 6.19. The highest BCUT2D eigenvalue weighted by Gasteiger charge is 2.30. The number of amides is 2. The number of anilines is 7. The second-order valence-electron chi connectivity index (χ2n) is 7.58. The number of nitrogens with one attached hydrogen (secondary N) is 5. The van der Waals surface area contributed by atoms with E-state index < -0.39 is 17.8 Å². The summed E-state index contributed by atoms with van der Waals surface area (Å²) in [6.07, 6.45) is -2.98. The predicted octanol–water partition coefficient (Wildman–Crippen LogP) is 5.85. The number of aryl methyl sites for hydroxylation is 1. The van der Waals surface area contributed by atoms with Crippen molar-refractivity contribution in [3.63, 3.8) is 0 Å². The summed E-state index contributed by atoms with van der Waals surface area (Å²) in [5.41, 5.74) is 8.28. The molecule has 0 aliphatic heterocycles. The molecule has 2 heterocycles. The molecule has 9 nitrogen and oxygen atoms in total. The van der Waals surface area contributed by atoms with Crippen LogP contribution in [0.5, 0.6) is 0 Å². The number of benzene rings is 2. The highest BCUT2D eigenvalue weighted by atomic mass is 19.4. The van der Waals surface area contributed by atoms with Gasteiger partial charge >= 0.3 is 12.2 Å². The Labute approximate surface area is 198 Å². The number of hydrogen-bond acceptors (Lipinski definition) is 6. The molecule has 35 heavy (non-hydrogen) atoms. The second-order valence-corrected chi connectivity index (χ2v) is 7.58. The summed E-state index contributed by atoms with van der Waals surface area (Å²) in [5.74, 6) is 1.14. The van der Waals surface area contributed by atoms with Crippen LogP contribution in [-0.2, 0) is 6.18 Å².